The summed E-state index contributed by atoms with van der Waals surface area (Å²) in [6.45, 7) is 0.496. The van der Waals surface area contributed by atoms with Gasteiger partial charge in [-0.2, -0.15) is 0 Å². The van der Waals surface area contributed by atoms with Crippen LogP contribution in [0.1, 0.15) is 16.8 Å². The zero-order valence-corrected chi connectivity index (χ0v) is 10.4. The number of aliphatic carboxylic acids is 1. The van der Waals surface area contributed by atoms with Crippen LogP contribution < -0.4 is 10.6 Å². The number of nitrogens with one attached hydrogen (secondary N) is 2. The van der Waals surface area contributed by atoms with Gasteiger partial charge in [0.05, 0.1) is 0 Å². The first-order valence-corrected chi connectivity index (χ1v) is 5.49. The molecule has 1 aromatic rings. The van der Waals surface area contributed by atoms with Crippen LogP contribution in [-0.2, 0) is 4.79 Å². The monoisotopic (exact) mass is 270 g/mol. The molecule has 1 amide bonds. The Morgan fingerprint density at radius 2 is 1.94 bits per heavy atom. The molecule has 0 saturated carbocycles. The highest BCUT2D eigenvalue weighted by Gasteiger charge is 2.29. The van der Waals surface area contributed by atoms with Crippen LogP contribution in [0, 0.1) is 0 Å². The highest BCUT2D eigenvalue weighted by Crippen LogP contribution is 2.08. The summed E-state index contributed by atoms with van der Waals surface area (Å²) in [6, 6.07) is 8.21. The van der Waals surface area contributed by atoms with E-state index in [2.05, 4.69) is 10.6 Å². The Morgan fingerprint density at radius 3 is 2.50 bits per heavy atom. The van der Waals surface area contributed by atoms with Crippen LogP contribution in [0.4, 0.5) is 0 Å². The van der Waals surface area contributed by atoms with E-state index in [1.807, 2.05) is 6.07 Å². The molecule has 1 fully saturated rings. The molecule has 1 saturated heterocycles. The molecule has 3 N–H and O–H groups in total. The number of benzene rings is 1. The third-order valence-electron chi connectivity index (χ3n) is 2.80. The molecule has 98 valence electrons. The fraction of sp³-hybridized carbons (Fsp3) is 0.333. The largest absolute Gasteiger partial charge is 0.480 e. The maximum atomic E-state index is 11.8. The molecule has 0 aromatic heterocycles. The highest BCUT2D eigenvalue weighted by molar-refractivity contribution is 5.94. The first-order valence-electron chi connectivity index (χ1n) is 5.49. The normalized spacial score (nSPS) is 22.0. The van der Waals surface area contributed by atoms with E-state index < -0.39 is 12.0 Å². The van der Waals surface area contributed by atoms with Gasteiger partial charge in [0.15, 0.2) is 0 Å². The average molecular weight is 271 g/mol. The van der Waals surface area contributed by atoms with Gasteiger partial charge in [-0.05, 0) is 18.6 Å². The average Bonchev–Trinajstić information content (AvgIpc) is 2.79. The Balaban J connectivity index is 0.00000162. The van der Waals surface area contributed by atoms with Crippen molar-refractivity contribution in [1.82, 2.24) is 10.6 Å². The number of carboxylic acid groups (broad SMARTS) is 1. The van der Waals surface area contributed by atoms with Crippen LogP contribution in [0.5, 0.6) is 0 Å². The van der Waals surface area contributed by atoms with E-state index in [1.165, 1.54) is 0 Å². The summed E-state index contributed by atoms with van der Waals surface area (Å²) < 4.78 is 0. The maximum Gasteiger partial charge on any atom is 0.320 e. The van der Waals surface area contributed by atoms with E-state index in [0.717, 1.165) is 0 Å². The van der Waals surface area contributed by atoms with Crippen molar-refractivity contribution >= 4 is 24.3 Å². The molecular weight excluding hydrogens is 256 g/mol. The summed E-state index contributed by atoms with van der Waals surface area (Å²) >= 11 is 0. The lowest BCUT2D eigenvalue weighted by atomic mass is 10.1. The van der Waals surface area contributed by atoms with Crippen molar-refractivity contribution in [2.75, 3.05) is 6.54 Å². The number of hydrogen-bond donors (Lipinski definition) is 3. The van der Waals surface area contributed by atoms with Crippen LogP contribution in [0.3, 0.4) is 0 Å². The molecule has 5 nitrogen and oxygen atoms in total. The topological polar surface area (TPSA) is 78.4 Å². The SMILES string of the molecule is Cl.O=C(N[C@H]1CN[C@H](C(=O)O)C1)c1ccccc1. The van der Waals surface area contributed by atoms with Gasteiger partial charge >= 0.3 is 5.97 Å². The molecule has 2 rings (SSSR count). The molecule has 0 radical (unpaired) electrons. The van der Waals surface area contributed by atoms with Crippen LogP contribution in [-0.4, -0.2) is 35.6 Å². The summed E-state index contributed by atoms with van der Waals surface area (Å²) in [5.41, 5.74) is 0.589. The number of rotatable bonds is 3. The summed E-state index contributed by atoms with van der Waals surface area (Å²) in [5, 5.41) is 14.5. The molecule has 0 spiro atoms. The number of amides is 1. The molecule has 2 atom stereocenters. The summed E-state index contributed by atoms with van der Waals surface area (Å²) in [7, 11) is 0. The molecule has 0 unspecified atom stereocenters. The van der Waals surface area contributed by atoms with E-state index in [1.54, 1.807) is 24.3 Å². The minimum Gasteiger partial charge on any atom is -0.480 e. The van der Waals surface area contributed by atoms with E-state index in [4.69, 9.17) is 5.11 Å². The Hall–Kier alpha value is -1.59. The summed E-state index contributed by atoms with van der Waals surface area (Å²) in [6.07, 6.45) is 0.425. The van der Waals surface area contributed by atoms with Gasteiger partial charge in [-0.3, -0.25) is 9.59 Å². The van der Waals surface area contributed by atoms with Crippen molar-refractivity contribution in [2.45, 2.75) is 18.5 Å². The van der Waals surface area contributed by atoms with Gasteiger partial charge in [0.25, 0.3) is 5.91 Å². The minimum atomic E-state index is -0.874. The van der Waals surface area contributed by atoms with E-state index in [9.17, 15) is 9.59 Å². The highest BCUT2D eigenvalue weighted by atomic mass is 35.5. The van der Waals surface area contributed by atoms with Crippen molar-refractivity contribution < 1.29 is 14.7 Å². The molecule has 1 aromatic carbocycles. The van der Waals surface area contributed by atoms with Crippen molar-refractivity contribution in [3.8, 4) is 0 Å². The standard InChI is InChI=1S/C12H14N2O3.ClH/c15-11(8-4-2-1-3-5-8)14-9-6-10(12(16)17)13-7-9;/h1-5,9-10,13H,6-7H2,(H,14,15)(H,16,17);1H/t9-,10+;/m1./s1. The molecule has 1 aliphatic rings. The summed E-state index contributed by atoms with van der Waals surface area (Å²) in [5.74, 6) is -1.04. The molecule has 1 heterocycles. The fourth-order valence-electron chi connectivity index (χ4n) is 1.89. The zero-order valence-electron chi connectivity index (χ0n) is 9.63. The van der Waals surface area contributed by atoms with Gasteiger partial charge in [-0.25, -0.2) is 0 Å². The third-order valence-corrected chi connectivity index (χ3v) is 2.80. The van der Waals surface area contributed by atoms with Gasteiger partial charge < -0.3 is 15.7 Å². The second-order valence-corrected chi connectivity index (χ2v) is 4.07. The lowest BCUT2D eigenvalue weighted by Crippen LogP contribution is -2.36. The van der Waals surface area contributed by atoms with Crippen molar-refractivity contribution in [2.24, 2.45) is 0 Å². The zero-order chi connectivity index (χ0) is 12.3. The Bertz CT molecular complexity index is 425. The summed E-state index contributed by atoms with van der Waals surface area (Å²) in [4.78, 5) is 22.5. The Morgan fingerprint density at radius 1 is 1.28 bits per heavy atom. The van der Waals surface area contributed by atoms with Crippen LogP contribution in [0.25, 0.3) is 0 Å². The smallest absolute Gasteiger partial charge is 0.320 e. The van der Waals surface area contributed by atoms with Crippen molar-refractivity contribution in [3.05, 3.63) is 35.9 Å². The van der Waals surface area contributed by atoms with Crippen LogP contribution in [0.15, 0.2) is 30.3 Å². The lowest BCUT2D eigenvalue weighted by Gasteiger charge is -2.11. The molecule has 18 heavy (non-hydrogen) atoms. The van der Waals surface area contributed by atoms with E-state index >= 15 is 0 Å². The van der Waals surface area contributed by atoms with E-state index in [0.29, 0.717) is 18.5 Å². The van der Waals surface area contributed by atoms with Crippen LogP contribution >= 0.6 is 12.4 Å². The lowest BCUT2D eigenvalue weighted by molar-refractivity contribution is -0.139. The number of carbonyl (C=O) groups is 2. The Kier molecular flexibility index (Phi) is 5.12. The van der Waals surface area contributed by atoms with Gasteiger partial charge in [0.1, 0.15) is 6.04 Å². The molecule has 1 aliphatic heterocycles. The van der Waals surface area contributed by atoms with Crippen LogP contribution in [0.2, 0.25) is 0 Å². The minimum absolute atomic E-state index is 0. The van der Waals surface area contributed by atoms with E-state index in [-0.39, 0.29) is 24.4 Å². The van der Waals surface area contributed by atoms with Crippen molar-refractivity contribution in [3.63, 3.8) is 0 Å². The van der Waals surface area contributed by atoms with Gasteiger partial charge in [0.2, 0.25) is 0 Å². The van der Waals surface area contributed by atoms with Gasteiger partial charge in [-0.1, -0.05) is 18.2 Å². The van der Waals surface area contributed by atoms with Crippen molar-refractivity contribution in [1.29, 1.82) is 0 Å². The predicted molar refractivity (Wildman–Crippen MR) is 69.0 cm³/mol. The maximum absolute atomic E-state index is 11.8. The second-order valence-electron chi connectivity index (χ2n) is 4.07. The first kappa shape index (κ1) is 14.5. The number of carbonyl (C=O) groups excluding carboxylic acids is 1. The number of halogens is 1. The third kappa shape index (κ3) is 3.45. The second kappa shape index (κ2) is 6.37. The fourth-order valence-corrected chi connectivity index (χ4v) is 1.89. The number of hydrogen-bond acceptors (Lipinski definition) is 3. The molecular formula is C12H15ClN2O3. The molecule has 0 aliphatic carbocycles. The molecule has 6 heteroatoms. The first-order chi connectivity index (χ1) is 8.16. The quantitative estimate of drug-likeness (QED) is 0.754. The predicted octanol–water partition coefficient (Wildman–Crippen LogP) is 0.653. The number of carboxylic acids is 1. The molecule has 0 bridgehead atoms. The van der Waals surface area contributed by atoms with Gasteiger partial charge in [0, 0.05) is 18.2 Å². The van der Waals surface area contributed by atoms with Gasteiger partial charge in [-0.15, -0.1) is 12.4 Å². The Labute approximate surface area is 111 Å².